The van der Waals surface area contributed by atoms with Gasteiger partial charge in [-0.15, -0.1) is 0 Å². The molecule has 0 spiro atoms. The summed E-state index contributed by atoms with van der Waals surface area (Å²) >= 11 is 0. The molecule has 0 radical (unpaired) electrons. The van der Waals surface area contributed by atoms with Crippen LogP contribution in [-0.4, -0.2) is 92.9 Å². The SMILES string of the molecule is C=C(C(=O)OC)[C@@H]1[C@H](O)[C@@H]2[C@](O)(CO)CC[C@H](O)[C@@]2(C)C[C@H]1OC(=O)C(=C)[C@H](O)CO. The Morgan fingerprint density at radius 2 is 1.81 bits per heavy atom. The maximum Gasteiger partial charge on any atom is 0.336 e. The second-order valence-electron chi connectivity index (χ2n) is 8.70. The summed E-state index contributed by atoms with van der Waals surface area (Å²) < 4.78 is 10.1. The summed E-state index contributed by atoms with van der Waals surface area (Å²) in [6, 6.07) is 0. The van der Waals surface area contributed by atoms with E-state index < -0.39 is 78.0 Å². The summed E-state index contributed by atoms with van der Waals surface area (Å²) in [6.07, 6.45) is -5.24. The molecule has 2 fully saturated rings. The quantitative estimate of drug-likeness (QED) is 0.199. The van der Waals surface area contributed by atoms with Gasteiger partial charge < -0.3 is 40.1 Å². The van der Waals surface area contributed by atoms with Crippen LogP contribution in [0.3, 0.4) is 0 Å². The molecule has 0 aliphatic heterocycles. The van der Waals surface area contributed by atoms with Crippen molar-refractivity contribution in [2.24, 2.45) is 17.3 Å². The minimum Gasteiger partial charge on any atom is -0.466 e. The zero-order valence-electron chi connectivity index (χ0n) is 17.7. The van der Waals surface area contributed by atoms with E-state index in [1.807, 2.05) is 0 Å². The molecule has 6 N–H and O–H groups in total. The van der Waals surface area contributed by atoms with Gasteiger partial charge in [0, 0.05) is 16.9 Å². The molecule has 176 valence electrons. The van der Waals surface area contributed by atoms with Gasteiger partial charge in [-0.2, -0.15) is 0 Å². The molecule has 8 atom stereocenters. The summed E-state index contributed by atoms with van der Waals surface area (Å²) in [6.45, 7) is 7.21. The van der Waals surface area contributed by atoms with Gasteiger partial charge in [-0.3, -0.25) is 0 Å². The van der Waals surface area contributed by atoms with E-state index in [0.717, 1.165) is 7.11 Å². The molecule has 0 amide bonds. The number of methoxy groups -OCH3 is 1. The molecule has 0 unspecified atom stereocenters. The summed E-state index contributed by atoms with van der Waals surface area (Å²) in [5, 5.41) is 61.6. The number of ether oxygens (including phenoxy) is 2. The Morgan fingerprint density at radius 3 is 2.32 bits per heavy atom. The summed E-state index contributed by atoms with van der Waals surface area (Å²) in [5.74, 6) is -4.23. The van der Waals surface area contributed by atoms with E-state index in [-0.39, 0.29) is 24.8 Å². The molecule has 31 heavy (non-hydrogen) atoms. The highest BCUT2D eigenvalue weighted by Gasteiger charge is 2.64. The van der Waals surface area contributed by atoms with Crippen molar-refractivity contribution < 1.29 is 49.7 Å². The molecule has 2 aliphatic rings. The molecule has 10 nitrogen and oxygen atoms in total. The van der Waals surface area contributed by atoms with Crippen LogP contribution in [-0.2, 0) is 19.1 Å². The number of hydrogen-bond donors (Lipinski definition) is 6. The molecule has 10 heteroatoms. The van der Waals surface area contributed by atoms with Gasteiger partial charge in [0.15, 0.2) is 0 Å². The van der Waals surface area contributed by atoms with Crippen LogP contribution in [0.25, 0.3) is 0 Å². The highest BCUT2D eigenvalue weighted by atomic mass is 16.5. The van der Waals surface area contributed by atoms with Crippen LogP contribution in [0.2, 0.25) is 0 Å². The minimum atomic E-state index is -1.74. The maximum atomic E-state index is 12.5. The highest BCUT2D eigenvalue weighted by molar-refractivity contribution is 5.90. The third-order valence-corrected chi connectivity index (χ3v) is 6.87. The Morgan fingerprint density at radius 1 is 1.19 bits per heavy atom. The van der Waals surface area contributed by atoms with Crippen LogP contribution in [0.1, 0.15) is 26.2 Å². The number of esters is 2. The van der Waals surface area contributed by atoms with Crippen LogP contribution >= 0.6 is 0 Å². The van der Waals surface area contributed by atoms with Gasteiger partial charge in [0.05, 0.1) is 49.6 Å². The zero-order chi connectivity index (χ0) is 23.7. The van der Waals surface area contributed by atoms with Gasteiger partial charge in [0.2, 0.25) is 0 Å². The molecule has 0 bridgehead atoms. The van der Waals surface area contributed by atoms with Crippen molar-refractivity contribution in [2.75, 3.05) is 20.3 Å². The Bertz CT molecular complexity index is 736. The lowest BCUT2D eigenvalue weighted by Gasteiger charge is -2.60. The van der Waals surface area contributed by atoms with Gasteiger partial charge in [0.1, 0.15) is 12.2 Å². The lowest BCUT2D eigenvalue weighted by molar-refractivity contribution is -0.249. The van der Waals surface area contributed by atoms with E-state index in [1.54, 1.807) is 6.92 Å². The average molecular weight is 444 g/mol. The molecule has 2 aliphatic carbocycles. The van der Waals surface area contributed by atoms with E-state index >= 15 is 0 Å². The average Bonchev–Trinajstić information content (AvgIpc) is 2.74. The highest BCUT2D eigenvalue weighted by Crippen LogP contribution is 2.57. The van der Waals surface area contributed by atoms with Crippen LogP contribution < -0.4 is 0 Å². The second kappa shape index (κ2) is 9.35. The summed E-state index contributed by atoms with van der Waals surface area (Å²) in [7, 11) is 1.11. The van der Waals surface area contributed by atoms with Gasteiger partial charge in [-0.05, 0) is 19.3 Å². The van der Waals surface area contributed by atoms with Gasteiger partial charge in [-0.1, -0.05) is 20.1 Å². The van der Waals surface area contributed by atoms with Crippen molar-refractivity contribution >= 4 is 11.9 Å². The fourth-order valence-corrected chi connectivity index (χ4v) is 5.10. The molecule has 0 aromatic rings. The standard InChI is InChI=1S/C21H32O10/c1-10(12(24)8-22)19(28)31-13-7-20(3)14(25)5-6-21(29,9-23)17(20)16(26)15(13)11(2)18(27)30-4/h12-17,22-26,29H,1-2,5-9H2,3-4H3/t12-,13-,14+,15+,16+,17+,20-,21-/m1/s1. The van der Waals surface area contributed by atoms with Crippen molar-refractivity contribution in [1.82, 2.24) is 0 Å². The van der Waals surface area contributed by atoms with Crippen molar-refractivity contribution in [1.29, 1.82) is 0 Å². The third kappa shape index (κ3) is 4.41. The number of aliphatic hydroxyl groups is 6. The molecule has 0 aromatic heterocycles. The summed E-state index contributed by atoms with van der Waals surface area (Å²) in [4.78, 5) is 24.7. The van der Waals surface area contributed by atoms with E-state index in [9.17, 15) is 35.1 Å². The van der Waals surface area contributed by atoms with Crippen LogP contribution in [0.4, 0.5) is 0 Å². The van der Waals surface area contributed by atoms with Crippen LogP contribution in [0, 0.1) is 17.3 Å². The summed E-state index contributed by atoms with van der Waals surface area (Å²) in [5.41, 5.74) is -3.58. The maximum absolute atomic E-state index is 12.5. The predicted molar refractivity (Wildman–Crippen MR) is 106 cm³/mol. The number of aliphatic hydroxyl groups excluding tert-OH is 5. The van der Waals surface area contributed by atoms with Gasteiger partial charge >= 0.3 is 11.9 Å². The number of fused-ring (bicyclic) bond motifs is 1. The molecular weight excluding hydrogens is 412 g/mol. The third-order valence-electron chi connectivity index (χ3n) is 6.87. The first-order chi connectivity index (χ1) is 14.4. The van der Waals surface area contributed by atoms with Gasteiger partial charge in [0.25, 0.3) is 0 Å². The lowest BCUT2D eigenvalue weighted by atomic mass is 9.49. The normalized spacial score (nSPS) is 38.5. The monoisotopic (exact) mass is 444 g/mol. The number of carbonyl (C=O) groups excluding carboxylic acids is 2. The smallest absolute Gasteiger partial charge is 0.336 e. The van der Waals surface area contributed by atoms with Crippen LogP contribution in [0.5, 0.6) is 0 Å². The first kappa shape index (κ1) is 25.4. The number of hydrogen-bond acceptors (Lipinski definition) is 10. The molecule has 2 rings (SSSR count). The van der Waals surface area contributed by atoms with Gasteiger partial charge in [-0.25, -0.2) is 9.59 Å². The van der Waals surface area contributed by atoms with Crippen molar-refractivity contribution in [3.05, 3.63) is 24.3 Å². The van der Waals surface area contributed by atoms with Crippen molar-refractivity contribution in [3.63, 3.8) is 0 Å². The fraction of sp³-hybridized carbons (Fsp3) is 0.714. The molecule has 0 aromatic carbocycles. The van der Waals surface area contributed by atoms with E-state index in [4.69, 9.17) is 9.84 Å². The zero-order valence-corrected chi connectivity index (χ0v) is 17.7. The first-order valence-electron chi connectivity index (χ1n) is 10.0. The topological polar surface area (TPSA) is 174 Å². The molecular formula is C21H32O10. The van der Waals surface area contributed by atoms with E-state index in [1.165, 1.54) is 0 Å². The number of carbonyl (C=O) groups is 2. The molecule has 0 heterocycles. The largest absolute Gasteiger partial charge is 0.466 e. The van der Waals surface area contributed by atoms with Crippen molar-refractivity contribution in [2.45, 2.75) is 56.2 Å². The van der Waals surface area contributed by atoms with Crippen molar-refractivity contribution in [3.8, 4) is 0 Å². The minimum absolute atomic E-state index is 0.0172. The number of rotatable bonds is 7. The second-order valence-corrected chi connectivity index (χ2v) is 8.70. The molecule has 2 saturated carbocycles. The lowest BCUT2D eigenvalue weighted by Crippen LogP contribution is -2.68. The predicted octanol–water partition coefficient (Wildman–Crippen LogP) is -1.58. The Kier molecular flexibility index (Phi) is 7.68. The first-order valence-corrected chi connectivity index (χ1v) is 10.0. The molecule has 0 saturated heterocycles. The Hall–Kier alpha value is -1.82. The fourth-order valence-electron chi connectivity index (χ4n) is 5.10. The van der Waals surface area contributed by atoms with E-state index in [2.05, 4.69) is 17.9 Å². The van der Waals surface area contributed by atoms with E-state index in [0.29, 0.717) is 0 Å². The Labute approximate surface area is 180 Å². The Balaban J connectivity index is 2.50. The van der Waals surface area contributed by atoms with Crippen LogP contribution in [0.15, 0.2) is 24.3 Å².